The van der Waals surface area contributed by atoms with Gasteiger partial charge in [-0.05, 0) is 34.1 Å². The summed E-state index contributed by atoms with van der Waals surface area (Å²) in [5, 5.41) is 10.1. The van der Waals surface area contributed by atoms with E-state index in [2.05, 4.69) is 20.9 Å². The summed E-state index contributed by atoms with van der Waals surface area (Å²) >= 11 is 9.08. The monoisotopic (exact) mass is 285 g/mol. The highest BCUT2D eigenvalue weighted by Gasteiger charge is 2.11. The number of pyridine rings is 1. The molecule has 76 valence electrons. The molecule has 0 saturated carbocycles. The number of nitrogens with zero attached hydrogens (tertiary/aromatic N) is 1. The second kappa shape index (κ2) is 3.79. The second-order valence-electron chi connectivity index (χ2n) is 2.98. The molecule has 0 bridgehead atoms. The summed E-state index contributed by atoms with van der Waals surface area (Å²) in [5.41, 5.74) is 0.556. The van der Waals surface area contributed by atoms with Gasteiger partial charge in [-0.1, -0.05) is 11.6 Å². The molecule has 0 radical (unpaired) electrons. The van der Waals surface area contributed by atoms with E-state index in [4.69, 9.17) is 16.7 Å². The Bertz CT molecular complexity index is 551. The molecule has 0 atom stereocenters. The number of fused-ring (bicyclic) bond motifs is 1. The molecule has 0 amide bonds. The van der Waals surface area contributed by atoms with Crippen LogP contribution in [0.2, 0.25) is 5.02 Å². The molecule has 0 unspecified atom stereocenters. The van der Waals surface area contributed by atoms with Crippen LogP contribution in [-0.2, 0) is 0 Å². The lowest BCUT2D eigenvalue weighted by molar-refractivity contribution is 0.0699. The second-order valence-corrected chi connectivity index (χ2v) is 4.34. The van der Waals surface area contributed by atoms with Gasteiger partial charge < -0.3 is 5.11 Å². The Labute approximate surface area is 98.8 Å². The van der Waals surface area contributed by atoms with E-state index in [1.807, 2.05) is 0 Å². The summed E-state index contributed by atoms with van der Waals surface area (Å²) in [7, 11) is 0. The molecule has 0 aliphatic heterocycles. The van der Waals surface area contributed by atoms with Crippen molar-refractivity contribution >= 4 is 44.4 Å². The van der Waals surface area contributed by atoms with Gasteiger partial charge in [-0.15, -0.1) is 0 Å². The van der Waals surface area contributed by atoms with E-state index >= 15 is 0 Å². The standard InChI is InChI=1S/C10H5BrClNO2/c11-6-1-5-2-7(12)3-8(10(14)15)9(5)13-4-6/h1-4H,(H,14,15). The van der Waals surface area contributed by atoms with Crippen LogP contribution in [0.5, 0.6) is 0 Å². The minimum atomic E-state index is -1.03. The molecule has 1 N–H and O–H groups in total. The van der Waals surface area contributed by atoms with Crippen LogP contribution in [-0.4, -0.2) is 16.1 Å². The van der Waals surface area contributed by atoms with Crippen molar-refractivity contribution in [1.29, 1.82) is 0 Å². The predicted octanol–water partition coefficient (Wildman–Crippen LogP) is 3.35. The smallest absolute Gasteiger partial charge is 0.337 e. The van der Waals surface area contributed by atoms with Crippen LogP contribution in [0.1, 0.15) is 10.4 Å². The van der Waals surface area contributed by atoms with Crippen molar-refractivity contribution in [3.8, 4) is 0 Å². The van der Waals surface area contributed by atoms with Gasteiger partial charge in [0.15, 0.2) is 0 Å². The average molecular weight is 287 g/mol. The van der Waals surface area contributed by atoms with Crippen LogP contribution >= 0.6 is 27.5 Å². The first-order valence-electron chi connectivity index (χ1n) is 4.06. The van der Waals surface area contributed by atoms with Gasteiger partial charge in [0.05, 0.1) is 11.1 Å². The molecule has 15 heavy (non-hydrogen) atoms. The predicted molar refractivity (Wildman–Crippen MR) is 61.4 cm³/mol. The summed E-state index contributed by atoms with van der Waals surface area (Å²) in [4.78, 5) is 15.0. The van der Waals surface area contributed by atoms with Crippen LogP contribution in [0.4, 0.5) is 0 Å². The third-order valence-corrected chi connectivity index (χ3v) is 2.60. The SMILES string of the molecule is O=C(O)c1cc(Cl)cc2cc(Br)cnc12. The lowest BCUT2D eigenvalue weighted by atomic mass is 10.1. The zero-order chi connectivity index (χ0) is 11.0. The molecule has 5 heteroatoms. The summed E-state index contributed by atoms with van der Waals surface area (Å²) in [6.45, 7) is 0. The lowest BCUT2D eigenvalue weighted by Crippen LogP contribution is -1.98. The number of halogens is 2. The average Bonchev–Trinajstić information content (AvgIpc) is 2.15. The quantitative estimate of drug-likeness (QED) is 0.874. The van der Waals surface area contributed by atoms with Crippen molar-refractivity contribution in [2.45, 2.75) is 0 Å². The fourth-order valence-electron chi connectivity index (χ4n) is 1.35. The van der Waals surface area contributed by atoms with E-state index in [1.54, 1.807) is 18.3 Å². The number of benzene rings is 1. The molecule has 1 aromatic carbocycles. The van der Waals surface area contributed by atoms with E-state index in [0.717, 1.165) is 4.47 Å². The fourth-order valence-corrected chi connectivity index (χ4v) is 1.93. The van der Waals surface area contributed by atoms with E-state index < -0.39 is 5.97 Å². The Morgan fingerprint density at radius 1 is 1.40 bits per heavy atom. The van der Waals surface area contributed by atoms with Gasteiger partial charge in [0.25, 0.3) is 0 Å². The Morgan fingerprint density at radius 2 is 2.13 bits per heavy atom. The number of aromatic nitrogens is 1. The number of rotatable bonds is 1. The maximum atomic E-state index is 10.9. The summed E-state index contributed by atoms with van der Waals surface area (Å²) in [6, 6.07) is 4.86. The minimum Gasteiger partial charge on any atom is -0.478 e. The van der Waals surface area contributed by atoms with E-state index in [9.17, 15) is 4.79 Å². The first-order chi connectivity index (χ1) is 7.08. The highest BCUT2D eigenvalue weighted by Crippen LogP contribution is 2.24. The molecule has 0 aliphatic carbocycles. The third-order valence-electron chi connectivity index (χ3n) is 1.94. The Morgan fingerprint density at radius 3 is 2.80 bits per heavy atom. The summed E-state index contributed by atoms with van der Waals surface area (Å²) < 4.78 is 0.786. The Hall–Kier alpha value is -1.13. The Balaban J connectivity index is 2.86. The number of carbonyl (C=O) groups is 1. The van der Waals surface area contributed by atoms with Crippen LogP contribution in [0.15, 0.2) is 28.9 Å². The topological polar surface area (TPSA) is 50.2 Å². The summed E-state index contributed by atoms with van der Waals surface area (Å²) in [5.74, 6) is -1.03. The number of aromatic carboxylic acids is 1. The van der Waals surface area contributed by atoms with Gasteiger partial charge in [0, 0.05) is 21.1 Å². The molecule has 0 spiro atoms. The zero-order valence-electron chi connectivity index (χ0n) is 7.37. The number of hydrogen-bond donors (Lipinski definition) is 1. The van der Waals surface area contributed by atoms with Crippen LogP contribution < -0.4 is 0 Å². The number of carboxylic acids is 1. The molecule has 0 saturated heterocycles. The van der Waals surface area contributed by atoms with Gasteiger partial charge in [0.2, 0.25) is 0 Å². The van der Waals surface area contributed by atoms with Gasteiger partial charge >= 0.3 is 5.97 Å². The molecular weight excluding hydrogens is 281 g/mol. The molecule has 1 heterocycles. The molecule has 0 aliphatic rings. The number of hydrogen-bond acceptors (Lipinski definition) is 2. The van der Waals surface area contributed by atoms with E-state index in [1.165, 1.54) is 6.07 Å². The summed E-state index contributed by atoms with van der Waals surface area (Å²) in [6.07, 6.45) is 1.56. The van der Waals surface area contributed by atoms with E-state index in [-0.39, 0.29) is 5.56 Å². The molecule has 2 aromatic rings. The zero-order valence-corrected chi connectivity index (χ0v) is 9.71. The molecule has 3 nitrogen and oxygen atoms in total. The maximum Gasteiger partial charge on any atom is 0.337 e. The minimum absolute atomic E-state index is 0.116. The highest BCUT2D eigenvalue weighted by atomic mass is 79.9. The van der Waals surface area contributed by atoms with Crippen molar-refractivity contribution < 1.29 is 9.90 Å². The molecule has 2 rings (SSSR count). The molecular formula is C10H5BrClNO2. The van der Waals surface area contributed by atoms with Crippen LogP contribution in [0, 0.1) is 0 Å². The molecule has 1 aromatic heterocycles. The lowest BCUT2D eigenvalue weighted by Gasteiger charge is -2.03. The first kappa shape index (κ1) is 10.4. The first-order valence-corrected chi connectivity index (χ1v) is 5.23. The van der Waals surface area contributed by atoms with Crippen molar-refractivity contribution in [2.75, 3.05) is 0 Å². The van der Waals surface area contributed by atoms with Crippen LogP contribution in [0.25, 0.3) is 10.9 Å². The van der Waals surface area contributed by atoms with Crippen LogP contribution in [0.3, 0.4) is 0 Å². The van der Waals surface area contributed by atoms with Gasteiger partial charge in [-0.25, -0.2) is 4.79 Å². The van der Waals surface area contributed by atoms with Crippen molar-refractivity contribution in [3.05, 3.63) is 39.5 Å². The largest absolute Gasteiger partial charge is 0.478 e. The van der Waals surface area contributed by atoms with Gasteiger partial charge in [-0.2, -0.15) is 0 Å². The highest BCUT2D eigenvalue weighted by molar-refractivity contribution is 9.10. The Kier molecular flexibility index (Phi) is 2.63. The van der Waals surface area contributed by atoms with Crippen molar-refractivity contribution in [2.24, 2.45) is 0 Å². The van der Waals surface area contributed by atoms with Crippen molar-refractivity contribution in [3.63, 3.8) is 0 Å². The van der Waals surface area contributed by atoms with E-state index in [0.29, 0.717) is 15.9 Å². The third kappa shape index (κ3) is 1.96. The normalized spacial score (nSPS) is 10.5. The maximum absolute atomic E-state index is 10.9. The number of carboxylic acid groups (broad SMARTS) is 1. The molecule has 0 fully saturated rings. The van der Waals surface area contributed by atoms with Gasteiger partial charge in [0.1, 0.15) is 0 Å². The van der Waals surface area contributed by atoms with Crippen molar-refractivity contribution in [1.82, 2.24) is 4.98 Å². The fraction of sp³-hybridized carbons (Fsp3) is 0. The van der Waals surface area contributed by atoms with Gasteiger partial charge in [-0.3, -0.25) is 4.98 Å².